The molecule has 32 heavy (non-hydrogen) atoms. The Labute approximate surface area is 218 Å². The van der Waals surface area contributed by atoms with E-state index in [0.29, 0.717) is 0 Å². The first-order chi connectivity index (χ1) is 19.7. The quantitative estimate of drug-likeness (QED) is 0.343. The number of ether oxygens (including phenoxy) is 2. The van der Waals surface area contributed by atoms with E-state index in [4.69, 9.17) is 24.6 Å². The summed E-state index contributed by atoms with van der Waals surface area (Å²) in [6, 6.07) is -3.28. The maximum atomic E-state index is 12.8. The first kappa shape index (κ1) is 13.4. The van der Waals surface area contributed by atoms with Crippen LogP contribution in [-0.4, -0.2) is 48.0 Å². The smallest absolute Gasteiger partial charge is 0.316 e. The fourth-order valence-electron chi connectivity index (χ4n) is 1.95. The summed E-state index contributed by atoms with van der Waals surface area (Å²) in [6.07, 6.45) is -2.08. The highest BCUT2D eigenvalue weighted by molar-refractivity contribution is 9.10. The number of aromatic nitrogens is 4. The zero-order chi connectivity index (χ0) is 32.7. The molecule has 0 saturated heterocycles. The summed E-state index contributed by atoms with van der Waals surface area (Å²) >= 11 is 5.88. The molecule has 2 N–H and O–H groups in total. The van der Waals surface area contributed by atoms with Crippen LogP contribution in [0.4, 0.5) is 5.82 Å². The van der Waals surface area contributed by atoms with Crippen molar-refractivity contribution in [3.63, 3.8) is 0 Å². The van der Waals surface area contributed by atoms with E-state index in [1.165, 1.54) is 6.92 Å². The number of nitrogens with one attached hydrogen (secondary N) is 2. The molecule has 13 heteroatoms. The topological polar surface area (TPSA) is 128 Å². The molecule has 0 aliphatic carbocycles. The number of hydrogen-bond donors (Lipinski definition) is 2. The fourth-order valence-corrected chi connectivity index (χ4v) is 3.11. The van der Waals surface area contributed by atoms with Gasteiger partial charge in [-0.15, -0.1) is 0 Å². The highest BCUT2D eigenvalue weighted by Gasteiger charge is 2.19. The Morgan fingerprint density at radius 3 is 2.47 bits per heavy atom. The molecule has 3 aromatic rings. The van der Waals surface area contributed by atoms with Gasteiger partial charge in [0.1, 0.15) is 20.8 Å². The van der Waals surface area contributed by atoms with E-state index >= 15 is 0 Å². The summed E-state index contributed by atoms with van der Waals surface area (Å²) in [6.45, 7) is -5.00. The lowest BCUT2D eigenvalue weighted by atomic mass is 10.1. The van der Waals surface area contributed by atoms with Gasteiger partial charge in [-0.25, -0.2) is 19.9 Å². The zero-order valence-electron chi connectivity index (χ0n) is 27.0. The molecule has 0 unspecified atom stereocenters. The normalized spacial score (nSPS) is 17.0. The van der Waals surface area contributed by atoms with Gasteiger partial charge in [-0.2, -0.15) is 13.1 Å². The fraction of sp³-hybridized carbons (Fsp3) is 0.263. The van der Waals surface area contributed by atoms with Gasteiger partial charge in [-0.3, -0.25) is 4.72 Å². The van der Waals surface area contributed by atoms with E-state index in [1.807, 2.05) is 4.72 Å². The molecule has 0 aliphatic rings. The first-order valence-electron chi connectivity index (χ1n) is 14.0. The van der Waals surface area contributed by atoms with Crippen LogP contribution in [0.2, 0.25) is 0 Å². The van der Waals surface area contributed by atoms with Gasteiger partial charge >= 0.3 is 6.01 Å². The maximum Gasteiger partial charge on any atom is 0.316 e. The Hall–Kier alpha value is -2.35. The standard InChI is InChI=1S/C19H20Br2N6O4S/c1-2-7-26-32(28,29)27-17-16(13-3-5-14(20)6-4-13)18(25-12-24-17)30-8-9-31-19-22-10-15(21)11-23-19/h3-6,10-12,26H,2,7-9H2,1H3,(H,24,25,27)/i3D,4D,5D,6D,7D2,8D2,10D,11D,12D. The zero-order valence-corrected chi connectivity index (χ0v) is 20.0. The lowest BCUT2D eigenvalue weighted by Crippen LogP contribution is -2.31. The molecule has 0 spiro atoms. The summed E-state index contributed by atoms with van der Waals surface area (Å²) in [5.41, 5.74) is -1.36. The van der Waals surface area contributed by atoms with Crippen molar-refractivity contribution in [2.24, 2.45) is 0 Å². The third kappa shape index (κ3) is 7.08. The number of halogens is 2. The van der Waals surface area contributed by atoms with Crippen molar-refractivity contribution < 1.29 is 33.0 Å². The largest absolute Gasteiger partial charge is 0.473 e. The molecule has 0 radical (unpaired) electrons. The summed E-state index contributed by atoms with van der Waals surface area (Å²) in [4.78, 5) is 14.6. The Bertz CT molecular complexity index is 1640. The van der Waals surface area contributed by atoms with Crippen LogP contribution in [0, 0.1) is 0 Å². The van der Waals surface area contributed by atoms with Crippen molar-refractivity contribution in [3.8, 4) is 23.0 Å². The van der Waals surface area contributed by atoms with Gasteiger partial charge in [0.05, 0.1) is 21.0 Å². The van der Waals surface area contributed by atoms with Crippen LogP contribution < -0.4 is 18.9 Å². The maximum absolute atomic E-state index is 12.8. The van der Waals surface area contributed by atoms with Crippen molar-refractivity contribution in [2.75, 3.05) is 24.4 Å². The second kappa shape index (κ2) is 11.5. The molecule has 3 rings (SSSR count). The molecule has 0 amide bonds. The minimum Gasteiger partial charge on any atom is -0.473 e. The molecule has 0 saturated carbocycles. The van der Waals surface area contributed by atoms with E-state index in [1.54, 1.807) is 4.72 Å². The lowest BCUT2D eigenvalue weighted by molar-refractivity contribution is 0.202. The van der Waals surface area contributed by atoms with Crippen LogP contribution in [0.3, 0.4) is 0 Å². The van der Waals surface area contributed by atoms with Crippen LogP contribution in [0.5, 0.6) is 11.9 Å². The summed E-state index contributed by atoms with van der Waals surface area (Å²) in [5, 5.41) is 0. The van der Waals surface area contributed by atoms with Crippen molar-refractivity contribution >= 4 is 47.9 Å². The Morgan fingerprint density at radius 1 is 1.06 bits per heavy atom. The van der Waals surface area contributed by atoms with E-state index in [9.17, 15) is 8.42 Å². The molecule has 2 aromatic heterocycles. The number of benzene rings is 1. The molecule has 170 valence electrons. The monoisotopic (exact) mass is 597 g/mol. The van der Waals surface area contributed by atoms with Gasteiger partial charge in [-0.05, 0) is 40.0 Å². The predicted molar refractivity (Wildman–Crippen MR) is 127 cm³/mol. The van der Waals surface area contributed by atoms with Crippen molar-refractivity contribution in [2.45, 2.75) is 13.3 Å². The van der Waals surface area contributed by atoms with Crippen molar-refractivity contribution in [1.29, 1.82) is 0 Å². The molecule has 10 nitrogen and oxygen atoms in total. The average molecular weight is 599 g/mol. The lowest BCUT2D eigenvalue weighted by Gasteiger charge is -2.15. The van der Waals surface area contributed by atoms with E-state index < -0.39 is 102 Å². The first-order valence-corrected chi connectivity index (χ1v) is 11.5. The number of rotatable bonds is 11. The summed E-state index contributed by atoms with van der Waals surface area (Å²) < 4.78 is 128. The molecular formula is C19H20Br2N6O4S. The highest BCUT2D eigenvalue weighted by Crippen LogP contribution is 2.34. The average Bonchev–Trinajstić information content (AvgIpc) is 2.88. The van der Waals surface area contributed by atoms with Crippen molar-refractivity contribution in [1.82, 2.24) is 24.7 Å². The van der Waals surface area contributed by atoms with E-state index in [-0.39, 0.29) is 15.4 Å². The van der Waals surface area contributed by atoms with Gasteiger partial charge in [0.2, 0.25) is 5.88 Å². The van der Waals surface area contributed by atoms with Crippen LogP contribution >= 0.6 is 31.9 Å². The minimum absolute atomic E-state index is 0.0429. The summed E-state index contributed by atoms with van der Waals surface area (Å²) in [5.74, 6) is -1.77. The predicted octanol–water partition coefficient (Wildman–Crippen LogP) is 3.57. The molecular weight excluding hydrogens is 568 g/mol. The number of hydrogen-bond acceptors (Lipinski definition) is 8. The van der Waals surface area contributed by atoms with Gasteiger partial charge in [0.25, 0.3) is 10.2 Å². The molecule has 0 atom stereocenters. The molecule has 0 aliphatic heterocycles. The van der Waals surface area contributed by atoms with Crippen LogP contribution in [0.25, 0.3) is 11.1 Å². The van der Waals surface area contributed by atoms with Crippen molar-refractivity contribution in [3.05, 3.63) is 51.8 Å². The molecule has 1 aromatic carbocycles. The Morgan fingerprint density at radius 2 is 1.78 bits per heavy atom. The Kier molecular flexibility index (Phi) is 4.81. The van der Waals surface area contributed by atoms with Gasteiger partial charge < -0.3 is 9.47 Å². The van der Waals surface area contributed by atoms with Crippen LogP contribution in [0.15, 0.2) is 51.8 Å². The second-order valence-electron chi connectivity index (χ2n) is 5.36. The molecule has 0 bridgehead atoms. The molecule has 2 heterocycles. The minimum atomic E-state index is -4.83. The molecule has 0 fully saturated rings. The number of anilines is 1. The van der Waals surface area contributed by atoms with Gasteiger partial charge in [0.15, 0.2) is 5.82 Å². The summed E-state index contributed by atoms with van der Waals surface area (Å²) in [7, 11) is -4.83. The van der Waals surface area contributed by atoms with E-state index in [0.717, 1.165) is 0 Å². The SMILES string of the molecule is [2H]c1nc(NS(=O)(=O)NC([2H])([2H])CC)c(-c2c([2H])c([2H])c(Br)c([2H])c2[2H])c(OC([2H])([2H])COc2nc([2H])c(Br)c([2H])n2)n1. The van der Waals surface area contributed by atoms with Gasteiger partial charge in [-0.1, -0.05) is 34.9 Å². The highest BCUT2D eigenvalue weighted by atomic mass is 79.9. The van der Waals surface area contributed by atoms with Crippen LogP contribution in [-0.2, 0) is 10.2 Å². The number of nitrogens with zero attached hydrogens (tertiary/aromatic N) is 4. The van der Waals surface area contributed by atoms with E-state index in [2.05, 4.69) is 51.8 Å². The van der Waals surface area contributed by atoms with Crippen LogP contribution in [0.1, 0.15) is 28.4 Å². The Balaban J connectivity index is 2.18. The second-order valence-corrected chi connectivity index (χ2v) is 8.36. The van der Waals surface area contributed by atoms with Gasteiger partial charge in [0, 0.05) is 26.1 Å². The third-order valence-corrected chi connectivity index (χ3v) is 4.78. The third-order valence-electron chi connectivity index (χ3n) is 3.15.